The van der Waals surface area contributed by atoms with Gasteiger partial charge in [0.25, 0.3) is 5.91 Å². The molecule has 0 saturated carbocycles. The molecule has 0 aliphatic carbocycles. The van der Waals surface area contributed by atoms with E-state index in [1.54, 1.807) is 18.7 Å². The molecule has 3 aliphatic rings. The zero-order valence-corrected chi connectivity index (χ0v) is 21.8. The number of morpholine rings is 2. The molecule has 37 heavy (non-hydrogen) atoms. The van der Waals surface area contributed by atoms with Crippen LogP contribution in [0.25, 0.3) is 0 Å². The van der Waals surface area contributed by atoms with Crippen molar-refractivity contribution in [1.82, 2.24) is 9.88 Å². The summed E-state index contributed by atoms with van der Waals surface area (Å²) in [6, 6.07) is 9.37. The number of cyclic esters (lactones) is 1. The van der Waals surface area contributed by atoms with Crippen LogP contribution in [-0.2, 0) is 31.0 Å². The highest BCUT2D eigenvalue weighted by atomic mass is 16.5. The maximum atomic E-state index is 14.3. The van der Waals surface area contributed by atoms with Crippen LogP contribution < -0.4 is 4.90 Å². The van der Waals surface area contributed by atoms with Crippen molar-refractivity contribution in [1.29, 1.82) is 0 Å². The van der Waals surface area contributed by atoms with Gasteiger partial charge in [-0.05, 0) is 31.7 Å². The predicted octanol–water partition coefficient (Wildman–Crippen LogP) is 3.06. The second-order valence-electron chi connectivity index (χ2n) is 10.1. The number of anilines is 1. The molecule has 0 radical (unpaired) electrons. The van der Waals surface area contributed by atoms with Crippen molar-refractivity contribution in [2.45, 2.75) is 51.6 Å². The molecule has 2 fully saturated rings. The summed E-state index contributed by atoms with van der Waals surface area (Å²) in [4.78, 5) is 49.8. The lowest BCUT2D eigenvalue weighted by Crippen LogP contribution is -2.59. The van der Waals surface area contributed by atoms with E-state index in [0.29, 0.717) is 44.1 Å². The summed E-state index contributed by atoms with van der Waals surface area (Å²) < 4.78 is 16.7. The third kappa shape index (κ3) is 4.05. The summed E-state index contributed by atoms with van der Waals surface area (Å²) in [6.07, 6.45) is 0.505. The van der Waals surface area contributed by atoms with Crippen molar-refractivity contribution in [3.63, 3.8) is 0 Å². The first-order valence-electron chi connectivity index (χ1n) is 12.9. The van der Waals surface area contributed by atoms with Gasteiger partial charge in [0.2, 0.25) is 0 Å². The Bertz CT molecular complexity index is 1220. The molecular weight excluding hydrogens is 474 g/mol. The molecular formula is C28H33N3O6. The molecule has 0 bridgehead atoms. The Morgan fingerprint density at radius 1 is 1.19 bits per heavy atom. The number of hydrogen-bond acceptors (Lipinski definition) is 8. The van der Waals surface area contributed by atoms with E-state index >= 15 is 0 Å². The molecule has 1 aromatic heterocycles. The Balaban J connectivity index is 1.73. The SMILES string of the molecule is CCOC(=O)c1c2c(nc(C(C)C)c1N1CCOCC1)C1(C)C(=O)OCC(Cc3ccccc3)N1C2=O. The zero-order valence-electron chi connectivity index (χ0n) is 21.8. The van der Waals surface area contributed by atoms with Crippen LogP contribution in [0.2, 0.25) is 0 Å². The quantitative estimate of drug-likeness (QED) is 0.551. The van der Waals surface area contributed by atoms with E-state index in [4.69, 9.17) is 19.2 Å². The second-order valence-corrected chi connectivity index (χ2v) is 10.1. The minimum Gasteiger partial charge on any atom is -0.462 e. The standard InChI is InChI=1S/C28H33N3O6/c1-5-36-26(33)20-21-24(29-22(17(2)3)23(20)30-11-13-35-14-12-30)28(4)27(34)37-16-19(31(28)25(21)32)15-18-9-7-6-8-10-18/h6-10,17,19H,5,11-16H2,1-4H3. The smallest absolute Gasteiger partial charge is 0.341 e. The molecule has 1 aromatic carbocycles. The summed E-state index contributed by atoms with van der Waals surface area (Å²) in [5.74, 6) is -1.60. The molecule has 0 spiro atoms. The van der Waals surface area contributed by atoms with E-state index < -0.39 is 29.4 Å². The summed E-state index contributed by atoms with van der Waals surface area (Å²) in [5, 5.41) is 0. The third-order valence-corrected chi connectivity index (χ3v) is 7.41. The van der Waals surface area contributed by atoms with Crippen molar-refractivity contribution in [2.24, 2.45) is 0 Å². The van der Waals surface area contributed by atoms with Gasteiger partial charge in [0, 0.05) is 13.1 Å². The lowest BCUT2D eigenvalue weighted by atomic mass is 9.89. The Hall–Kier alpha value is -3.46. The summed E-state index contributed by atoms with van der Waals surface area (Å²) >= 11 is 0. The Labute approximate surface area is 216 Å². The number of ether oxygens (including phenoxy) is 3. The topological polar surface area (TPSA) is 98.3 Å². The number of carbonyl (C=O) groups excluding carboxylic acids is 3. The molecule has 2 saturated heterocycles. The molecule has 0 N–H and O–H groups in total. The highest BCUT2D eigenvalue weighted by Gasteiger charge is 2.61. The van der Waals surface area contributed by atoms with E-state index in [0.717, 1.165) is 5.56 Å². The van der Waals surface area contributed by atoms with Crippen molar-refractivity contribution in [2.75, 3.05) is 44.4 Å². The van der Waals surface area contributed by atoms with Gasteiger partial charge >= 0.3 is 11.9 Å². The number of aromatic nitrogens is 1. The molecule has 9 nitrogen and oxygen atoms in total. The van der Waals surface area contributed by atoms with Gasteiger partial charge < -0.3 is 24.0 Å². The van der Waals surface area contributed by atoms with Crippen LogP contribution in [0, 0.1) is 0 Å². The van der Waals surface area contributed by atoms with Crippen LogP contribution in [0.15, 0.2) is 30.3 Å². The van der Waals surface area contributed by atoms with Gasteiger partial charge in [-0.2, -0.15) is 0 Å². The molecule has 196 valence electrons. The number of rotatable bonds is 6. The van der Waals surface area contributed by atoms with Crippen LogP contribution >= 0.6 is 0 Å². The number of carbonyl (C=O) groups is 3. The number of amides is 1. The number of hydrogen-bond donors (Lipinski definition) is 0. The van der Waals surface area contributed by atoms with E-state index in [-0.39, 0.29) is 36.0 Å². The first-order chi connectivity index (χ1) is 17.8. The highest BCUT2D eigenvalue weighted by Crippen LogP contribution is 2.48. The van der Waals surface area contributed by atoms with Gasteiger partial charge in [-0.15, -0.1) is 0 Å². The number of fused-ring (bicyclic) bond motifs is 3. The van der Waals surface area contributed by atoms with Gasteiger partial charge in [-0.25, -0.2) is 9.59 Å². The molecule has 2 unspecified atom stereocenters. The maximum Gasteiger partial charge on any atom is 0.341 e. The predicted molar refractivity (Wildman–Crippen MR) is 136 cm³/mol. The average molecular weight is 508 g/mol. The monoisotopic (exact) mass is 507 g/mol. The lowest BCUT2D eigenvalue weighted by molar-refractivity contribution is -0.169. The fraction of sp³-hybridized carbons (Fsp3) is 0.500. The normalized spacial score (nSPS) is 23.1. The van der Waals surface area contributed by atoms with Crippen molar-refractivity contribution in [3.05, 3.63) is 58.4 Å². The maximum absolute atomic E-state index is 14.3. The fourth-order valence-corrected chi connectivity index (χ4v) is 5.65. The second kappa shape index (κ2) is 9.78. The van der Waals surface area contributed by atoms with Gasteiger partial charge in [0.1, 0.15) is 6.61 Å². The summed E-state index contributed by atoms with van der Waals surface area (Å²) in [5.41, 5.74) is 1.42. The molecule has 4 heterocycles. The summed E-state index contributed by atoms with van der Waals surface area (Å²) in [6.45, 7) is 9.73. The molecule has 2 aromatic rings. The van der Waals surface area contributed by atoms with Crippen molar-refractivity contribution >= 4 is 23.5 Å². The van der Waals surface area contributed by atoms with E-state index in [1.165, 1.54) is 0 Å². The minimum atomic E-state index is -1.45. The highest BCUT2D eigenvalue weighted by molar-refractivity contribution is 6.14. The van der Waals surface area contributed by atoms with Crippen LogP contribution in [0.1, 0.15) is 71.3 Å². The van der Waals surface area contributed by atoms with Gasteiger partial charge in [0.05, 0.1) is 54.1 Å². The van der Waals surface area contributed by atoms with Crippen LogP contribution in [0.3, 0.4) is 0 Å². The van der Waals surface area contributed by atoms with E-state index in [2.05, 4.69) is 0 Å². The van der Waals surface area contributed by atoms with E-state index in [9.17, 15) is 14.4 Å². The zero-order chi connectivity index (χ0) is 26.3. The first kappa shape index (κ1) is 25.2. The molecule has 1 amide bonds. The van der Waals surface area contributed by atoms with Gasteiger partial charge in [0.15, 0.2) is 5.54 Å². The van der Waals surface area contributed by atoms with Crippen LogP contribution in [0.4, 0.5) is 5.69 Å². The largest absolute Gasteiger partial charge is 0.462 e. The lowest BCUT2D eigenvalue weighted by Gasteiger charge is -2.43. The van der Waals surface area contributed by atoms with Gasteiger partial charge in [-0.1, -0.05) is 44.2 Å². The minimum absolute atomic E-state index is 0.0745. The van der Waals surface area contributed by atoms with Crippen LogP contribution in [0.5, 0.6) is 0 Å². The third-order valence-electron chi connectivity index (χ3n) is 7.41. The van der Waals surface area contributed by atoms with Gasteiger partial charge in [-0.3, -0.25) is 9.78 Å². The first-order valence-corrected chi connectivity index (χ1v) is 12.9. The number of pyridine rings is 1. The molecule has 3 aliphatic heterocycles. The average Bonchev–Trinajstić information content (AvgIpc) is 3.14. The number of esters is 2. The van der Waals surface area contributed by atoms with E-state index in [1.807, 2.05) is 49.1 Å². The Morgan fingerprint density at radius 2 is 1.89 bits per heavy atom. The molecule has 2 atom stereocenters. The number of nitrogens with zero attached hydrogens (tertiary/aromatic N) is 3. The van der Waals surface area contributed by atoms with Crippen LogP contribution in [-0.4, -0.2) is 73.3 Å². The van der Waals surface area contributed by atoms with Crippen molar-refractivity contribution < 1.29 is 28.6 Å². The Morgan fingerprint density at radius 3 is 2.54 bits per heavy atom. The Kier molecular flexibility index (Phi) is 6.66. The van der Waals surface area contributed by atoms with Crippen molar-refractivity contribution in [3.8, 4) is 0 Å². The molecule has 5 rings (SSSR count). The molecule has 9 heteroatoms. The number of benzene rings is 1. The fourth-order valence-electron chi connectivity index (χ4n) is 5.65. The summed E-state index contributed by atoms with van der Waals surface area (Å²) in [7, 11) is 0.